The van der Waals surface area contributed by atoms with Crippen LogP contribution in [0.15, 0.2) is 30.5 Å². The van der Waals surface area contributed by atoms with E-state index in [-0.39, 0.29) is 12.6 Å². The molecule has 0 spiro atoms. The Hall–Kier alpha value is -1.85. The molecule has 0 fully saturated rings. The molecule has 23 heavy (non-hydrogen) atoms. The van der Waals surface area contributed by atoms with Crippen molar-refractivity contribution in [2.45, 2.75) is 39.3 Å². The van der Waals surface area contributed by atoms with Crippen molar-refractivity contribution in [1.29, 1.82) is 0 Å². The van der Waals surface area contributed by atoms with E-state index in [9.17, 15) is 4.79 Å². The van der Waals surface area contributed by atoms with Gasteiger partial charge in [-0.15, -0.1) is 0 Å². The van der Waals surface area contributed by atoms with Crippen LogP contribution in [0.1, 0.15) is 25.8 Å². The number of rotatable bonds is 9. The number of hydrogen-bond acceptors (Lipinski definition) is 4. The second-order valence-corrected chi connectivity index (χ2v) is 5.40. The van der Waals surface area contributed by atoms with Crippen LogP contribution in [-0.4, -0.2) is 41.6 Å². The van der Waals surface area contributed by atoms with Crippen molar-refractivity contribution >= 4 is 16.9 Å². The van der Waals surface area contributed by atoms with E-state index in [0.717, 1.165) is 22.9 Å². The number of hydrogen-bond donors (Lipinski definition) is 1. The molecular formula is C18H25NO4. The molecule has 0 aliphatic heterocycles. The topological polar surface area (TPSA) is 60.7 Å². The van der Waals surface area contributed by atoms with E-state index in [2.05, 4.69) is 0 Å². The van der Waals surface area contributed by atoms with Crippen LogP contribution < -0.4 is 0 Å². The van der Waals surface area contributed by atoms with Gasteiger partial charge in [-0.05, 0) is 31.0 Å². The van der Waals surface area contributed by atoms with Gasteiger partial charge in [0.25, 0.3) is 0 Å². The number of aliphatic hydroxyl groups is 1. The number of aromatic nitrogens is 1. The molecule has 1 heterocycles. The van der Waals surface area contributed by atoms with Gasteiger partial charge in [0, 0.05) is 36.7 Å². The van der Waals surface area contributed by atoms with Crippen LogP contribution in [0.25, 0.3) is 10.9 Å². The predicted molar refractivity (Wildman–Crippen MR) is 89.4 cm³/mol. The Bertz CT molecular complexity index is 635. The van der Waals surface area contributed by atoms with Gasteiger partial charge < -0.3 is 19.1 Å². The van der Waals surface area contributed by atoms with E-state index in [4.69, 9.17) is 14.6 Å². The number of ether oxygens (including phenoxy) is 2. The molecule has 5 heteroatoms. The van der Waals surface area contributed by atoms with E-state index in [0.29, 0.717) is 26.2 Å². The monoisotopic (exact) mass is 319 g/mol. The average molecular weight is 319 g/mol. The third kappa shape index (κ3) is 4.33. The van der Waals surface area contributed by atoms with Crippen molar-refractivity contribution in [3.8, 4) is 0 Å². The zero-order valence-electron chi connectivity index (χ0n) is 13.8. The third-order valence-electron chi connectivity index (χ3n) is 3.72. The van der Waals surface area contributed by atoms with Crippen molar-refractivity contribution in [3.05, 3.63) is 36.0 Å². The Morgan fingerprint density at radius 1 is 1.30 bits per heavy atom. The molecule has 0 aliphatic rings. The summed E-state index contributed by atoms with van der Waals surface area (Å²) in [6.07, 6.45) is 2.71. The molecule has 1 unspecified atom stereocenters. The minimum atomic E-state index is -0.582. The van der Waals surface area contributed by atoms with E-state index in [1.807, 2.05) is 42.0 Å². The standard InChI is InChI=1S/C18H25NO4/c1-3-12-23-17(18(21)22-4-2)13-14-6-5-7-16-15(14)8-9-19(16)10-11-20/h5-9,17,20H,3-4,10-13H2,1-2H3. The summed E-state index contributed by atoms with van der Waals surface area (Å²) in [5.74, 6) is -0.312. The second-order valence-electron chi connectivity index (χ2n) is 5.40. The Kier molecular flexibility index (Phi) is 6.62. The van der Waals surface area contributed by atoms with Crippen molar-refractivity contribution in [3.63, 3.8) is 0 Å². The summed E-state index contributed by atoms with van der Waals surface area (Å²) in [6, 6.07) is 8.00. The van der Waals surface area contributed by atoms with Gasteiger partial charge in [-0.2, -0.15) is 0 Å². The lowest BCUT2D eigenvalue weighted by Crippen LogP contribution is -2.29. The fourth-order valence-corrected chi connectivity index (χ4v) is 2.67. The highest BCUT2D eigenvalue weighted by Gasteiger charge is 2.22. The lowest BCUT2D eigenvalue weighted by molar-refractivity contribution is -0.156. The van der Waals surface area contributed by atoms with Crippen molar-refractivity contribution in [1.82, 2.24) is 4.57 Å². The number of carbonyl (C=O) groups is 1. The molecule has 2 rings (SSSR count). The van der Waals surface area contributed by atoms with Crippen molar-refractivity contribution < 1.29 is 19.4 Å². The second kappa shape index (κ2) is 8.70. The minimum Gasteiger partial charge on any atom is -0.464 e. The molecule has 1 N–H and O–H groups in total. The largest absolute Gasteiger partial charge is 0.464 e. The number of esters is 1. The SMILES string of the molecule is CCCOC(Cc1cccc2c1ccn2CCO)C(=O)OCC. The normalized spacial score (nSPS) is 12.5. The maximum absolute atomic E-state index is 12.1. The van der Waals surface area contributed by atoms with Crippen molar-refractivity contribution in [2.24, 2.45) is 0 Å². The summed E-state index contributed by atoms with van der Waals surface area (Å²) in [6.45, 7) is 5.34. The summed E-state index contributed by atoms with van der Waals surface area (Å²) in [5, 5.41) is 10.2. The number of aliphatic hydroxyl groups excluding tert-OH is 1. The lowest BCUT2D eigenvalue weighted by atomic mass is 10.0. The molecule has 0 saturated carbocycles. The lowest BCUT2D eigenvalue weighted by Gasteiger charge is -2.17. The quantitative estimate of drug-likeness (QED) is 0.722. The van der Waals surface area contributed by atoms with Gasteiger partial charge in [0.15, 0.2) is 6.10 Å². The van der Waals surface area contributed by atoms with Crippen LogP contribution in [0, 0.1) is 0 Å². The summed E-state index contributed by atoms with van der Waals surface area (Å²) in [4.78, 5) is 12.1. The molecule has 0 amide bonds. The molecule has 2 aromatic rings. The Labute approximate surface area is 136 Å². The fraction of sp³-hybridized carbons (Fsp3) is 0.500. The molecule has 1 aromatic carbocycles. The zero-order chi connectivity index (χ0) is 16.7. The summed E-state index contributed by atoms with van der Waals surface area (Å²) in [7, 11) is 0. The van der Waals surface area contributed by atoms with Gasteiger partial charge >= 0.3 is 5.97 Å². The molecule has 1 atom stereocenters. The Morgan fingerprint density at radius 2 is 2.13 bits per heavy atom. The number of nitrogens with zero attached hydrogens (tertiary/aromatic N) is 1. The van der Waals surface area contributed by atoms with Gasteiger partial charge in [-0.3, -0.25) is 0 Å². The molecule has 1 aromatic heterocycles. The first-order valence-electron chi connectivity index (χ1n) is 8.17. The van der Waals surface area contributed by atoms with E-state index in [1.54, 1.807) is 6.92 Å². The van der Waals surface area contributed by atoms with Crippen molar-refractivity contribution in [2.75, 3.05) is 19.8 Å². The van der Waals surface area contributed by atoms with E-state index >= 15 is 0 Å². The Morgan fingerprint density at radius 3 is 2.83 bits per heavy atom. The number of benzene rings is 1. The summed E-state index contributed by atoms with van der Waals surface area (Å²) in [5.41, 5.74) is 2.10. The predicted octanol–water partition coefficient (Wildman–Crippen LogP) is 2.53. The molecule has 0 aliphatic carbocycles. The molecular weight excluding hydrogens is 294 g/mol. The van der Waals surface area contributed by atoms with Crippen LogP contribution >= 0.6 is 0 Å². The molecule has 5 nitrogen and oxygen atoms in total. The highest BCUT2D eigenvalue weighted by molar-refractivity contribution is 5.85. The maximum atomic E-state index is 12.1. The van der Waals surface area contributed by atoms with Crippen LogP contribution in [0.5, 0.6) is 0 Å². The van der Waals surface area contributed by atoms with Crippen LogP contribution in [0.3, 0.4) is 0 Å². The third-order valence-corrected chi connectivity index (χ3v) is 3.72. The first-order chi connectivity index (χ1) is 11.2. The van der Waals surface area contributed by atoms with Crippen LogP contribution in [-0.2, 0) is 27.2 Å². The van der Waals surface area contributed by atoms with Crippen LogP contribution in [0.2, 0.25) is 0 Å². The first-order valence-corrected chi connectivity index (χ1v) is 8.17. The van der Waals surface area contributed by atoms with E-state index in [1.165, 1.54) is 0 Å². The van der Waals surface area contributed by atoms with E-state index < -0.39 is 6.10 Å². The number of fused-ring (bicyclic) bond motifs is 1. The number of carbonyl (C=O) groups excluding carboxylic acids is 1. The van der Waals surface area contributed by atoms with Gasteiger partial charge in [0.2, 0.25) is 0 Å². The molecule has 0 radical (unpaired) electrons. The van der Waals surface area contributed by atoms with Gasteiger partial charge in [0.1, 0.15) is 0 Å². The molecule has 126 valence electrons. The first kappa shape index (κ1) is 17.5. The molecule has 0 saturated heterocycles. The zero-order valence-corrected chi connectivity index (χ0v) is 13.8. The van der Waals surface area contributed by atoms with Gasteiger partial charge in [0.05, 0.1) is 13.2 Å². The minimum absolute atomic E-state index is 0.0963. The average Bonchev–Trinajstić information content (AvgIpc) is 2.96. The highest BCUT2D eigenvalue weighted by Crippen LogP contribution is 2.22. The maximum Gasteiger partial charge on any atom is 0.335 e. The summed E-state index contributed by atoms with van der Waals surface area (Å²) >= 11 is 0. The highest BCUT2D eigenvalue weighted by atomic mass is 16.6. The molecule has 0 bridgehead atoms. The fourth-order valence-electron chi connectivity index (χ4n) is 2.67. The summed E-state index contributed by atoms with van der Waals surface area (Å²) < 4.78 is 12.8. The smallest absolute Gasteiger partial charge is 0.335 e. The van der Waals surface area contributed by atoms with Crippen LogP contribution in [0.4, 0.5) is 0 Å². The Balaban J connectivity index is 2.24. The van der Waals surface area contributed by atoms with Gasteiger partial charge in [-0.25, -0.2) is 4.79 Å². The van der Waals surface area contributed by atoms with Gasteiger partial charge in [-0.1, -0.05) is 19.1 Å².